The lowest BCUT2D eigenvalue weighted by Crippen LogP contribution is -2.01. The maximum atomic E-state index is 5.04. The lowest BCUT2D eigenvalue weighted by atomic mass is 10.3. The zero-order valence-electron chi connectivity index (χ0n) is 10.4. The van der Waals surface area contributed by atoms with Crippen molar-refractivity contribution in [2.45, 2.75) is 13.8 Å². The highest BCUT2D eigenvalue weighted by Crippen LogP contribution is 2.25. The minimum Gasteiger partial charge on any atom is -0.481 e. The van der Waals surface area contributed by atoms with E-state index in [-0.39, 0.29) is 0 Å². The van der Waals surface area contributed by atoms with Crippen LogP contribution in [0.4, 0.5) is 11.6 Å². The van der Waals surface area contributed by atoms with Gasteiger partial charge in [-0.2, -0.15) is 0 Å². The Morgan fingerprint density at radius 2 is 1.78 bits per heavy atom. The van der Waals surface area contributed by atoms with E-state index in [2.05, 4.69) is 36.2 Å². The number of pyridine rings is 1. The van der Waals surface area contributed by atoms with Crippen LogP contribution in [0.25, 0.3) is 0 Å². The van der Waals surface area contributed by atoms with Crippen molar-refractivity contribution in [3.8, 4) is 5.88 Å². The second-order valence-electron chi connectivity index (χ2n) is 3.79. The summed E-state index contributed by atoms with van der Waals surface area (Å²) < 4.78 is 5.70. The average Bonchev–Trinajstić information content (AvgIpc) is 2.30. The number of rotatable bonds is 3. The monoisotopic (exact) mass is 308 g/mol. The summed E-state index contributed by atoms with van der Waals surface area (Å²) in [5, 5.41) is 3.12. The fourth-order valence-electron chi connectivity index (χ4n) is 1.53. The Kier molecular flexibility index (Phi) is 3.76. The van der Waals surface area contributed by atoms with Crippen molar-refractivity contribution in [2.75, 3.05) is 12.4 Å². The van der Waals surface area contributed by atoms with Gasteiger partial charge in [-0.15, -0.1) is 0 Å². The summed E-state index contributed by atoms with van der Waals surface area (Å²) in [6.45, 7) is 3.86. The van der Waals surface area contributed by atoms with Crippen LogP contribution in [0.1, 0.15) is 11.4 Å². The van der Waals surface area contributed by atoms with Crippen LogP contribution in [-0.4, -0.2) is 22.1 Å². The van der Waals surface area contributed by atoms with Crippen LogP contribution in [0, 0.1) is 13.8 Å². The molecule has 0 aliphatic heterocycles. The van der Waals surface area contributed by atoms with Crippen molar-refractivity contribution in [1.29, 1.82) is 0 Å². The number of nitrogens with zero attached hydrogens (tertiary/aromatic N) is 3. The molecule has 1 N–H and O–H groups in total. The fraction of sp³-hybridized carbons (Fsp3) is 0.250. The zero-order valence-corrected chi connectivity index (χ0v) is 11.9. The van der Waals surface area contributed by atoms with Crippen LogP contribution >= 0.6 is 15.9 Å². The molecule has 0 saturated heterocycles. The van der Waals surface area contributed by atoms with Gasteiger partial charge in [0.15, 0.2) is 0 Å². The number of hydrogen-bond donors (Lipinski definition) is 1. The van der Waals surface area contributed by atoms with Gasteiger partial charge < -0.3 is 10.1 Å². The maximum Gasteiger partial charge on any atom is 0.227 e. The molecule has 94 valence electrons. The minimum absolute atomic E-state index is 0.550. The van der Waals surface area contributed by atoms with Crippen LogP contribution in [-0.2, 0) is 0 Å². The third-order valence-electron chi connectivity index (χ3n) is 2.26. The quantitative estimate of drug-likeness (QED) is 0.883. The Hall–Kier alpha value is -1.69. The van der Waals surface area contributed by atoms with Crippen LogP contribution < -0.4 is 10.1 Å². The molecule has 0 aliphatic rings. The lowest BCUT2D eigenvalue weighted by molar-refractivity contribution is 0.397. The Balaban J connectivity index is 2.28. The number of hydrogen-bond acceptors (Lipinski definition) is 5. The van der Waals surface area contributed by atoms with E-state index >= 15 is 0 Å². The first-order valence-electron chi connectivity index (χ1n) is 5.38. The first kappa shape index (κ1) is 12.8. The molecule has 2 aromatic rings. The first-order chi connectivity index (χ1) is 8.58. The highest BCUT2D eigenvalue weighted by molar-refractivity contribution is 9.10. The molecule has 0 bridgehead atoms. The van der Waals surface area contributed by atoms with Gasteiger partial charge in [0.05, 0.1) is 12.8 Å². The van der Waals surface area contributed by atoms with E-state index in [0.29, 0.717) is 16.4 Å². The van der Waals surface area contributed by atoms with Crippen molar-refractivity contribution >= 4 is 27.6 Å². The second-order valence-corrected chi connectivity index (χ2v) is 4.54. The number of aromatic nitrogens is 3. The third kappa shape index (κ3) is 2.95. The third-order valence-corrected chi connectivity index (χ3v) is 2.87. The standard InChI is InChI=1S/C12H13BrN4O/c1-7-6-8(2)15-12(14-7)16-9-4-5-10(18-3)17-11(9)13/h4-6H,1-3H3,(H,14,15,16). The number of halogens is 1. The van der Waals surface area contributed by atoms with E-state index in [1.54, 1.807) is 13.2 Å². The number of nitrogens with one attached hydrogen (secondary N) is 1. The molecule has 6 heteroatoms. The molecule has 0 aliphatic carbocycles. The summed E-state index contributed by atoms with van der Waals surface area (Å²) in [7, 11) is 1.58. The molecule has 2 aromatic heterocycles. The summed E-state index contributed by atoms with van der Waals surface area (Å²) in [5.74, 6) is 1.11. The first-order valence-corrected chi connectivity index (χ1v) is 6.17. The van der Waals surface area contributed by atoms with Crippen LogP contribution in [0.5, 0.6) is 5.88 Å². The van der Waals surface area contributed by atoms with Crippen molar-refractivity contribution < 1.29 is 4.74 Å². The molecular formula is C12H13BrN4O. The van der Waals surface area contributed by atoms with Gasteiger partial charge >= 0.3 is 0 Å². The van der Waals surface area contributed by atoms with E-state index in [1.165, 1.54) is 0 Å². The number of aryl methyl sites for hydroxylation is 2. The molecule has 5 nitrogen and oxygen atoms in total. The van der Waals surface area contributed by atoms with E-state index in [9.17, 15) is 0 Å². The van der Waals surface area contributed by atoms with Crippen molar-refractivity contribution in [1.82, 2.24) is 15.0 Å². The van der Waals surface area contributed by atoms with E-state index < -0.39 is 0 Å². The summed E-state index contributed by atoms with van der Waals surface area (Å²) in [4.78, 5) is 12.8. The number of anilines is 2. The highest BCUT2D eigenvalue weighted by atomic mass is 79.9. The summed E-state index contributed by atoms with van der Waals surface area (Å²) in [5.41, 5.74) is 2.63. The van der Waals surface area contributed by atoms with Gasteiger partial charge in [0.1, 0.15) is 4.60 Å². The molecule has 2 heterocycles. The van der Waals surface area contributed by atoms with Crippen LogP contribution in [0.3, 0.4) is 0 Å². The predicted octanol–water partition coefficient (Wildman–Crippen LogP) is 3.00. The smallest absolute Gasteiger partial charge is 0.227 e. The van der Waals surface area contributed by atoms with Gasteiger partial charge in [0.25, 0.3) is 0 Å². The SMILES string of the molecule is COc1ccc(Nc2nc(C)cc(C)n2)c(Br)n1. The van der Waals surface area contributed by atoms with Crippen LogP contribution in [0.2, 0.25) is 0 Å². The van der Waals surface area contributed by atoms with Gasteiger partial charge in [-0.3, -0.25) is 0 Å². The normalized spacial score (nSPS) is 10.2. The number of methoxy groups -OCH3 is 1. The average molecular weight is 309 g/mol. The van der Waals surface area contributed by atoms with Crippen molar-refractivity contribution in [3.63, 3.8) is 0 Å². The largest absolute Gasteiger partial charge is 0.481 e. The van der Waals surface area contributed by atoms with Gasteiger partial charge in [-0.25, -0.2) is 15.0 Å². The highest BCUT2D eigenvalue weighted by Gasteiger charge is 2.06. The van der Waals surface area contributed by atoms with Crippen LogP contribution in [0.15, 0.2) is 22.8 Å². The van der Waals surface area contributed by atoms with Crippen molar-refractivity contribution in [2.24, 2.45) is 0 Å². The minimum atomic E-state index is 0.550. The van der Waals surface area contributed by atoms with Gasteiger partial charge in [0.2, 0.25) is 11.8 Å². The number of ether oxygens (including phenoxy) is 1. The molecule has 0 saturated carbocycles. The molecule has 18 heavy (non-hydrogen) atoms. The molecule has 0 spiro atoms. The summed E-state index contributed by atoms with van der Waals surface area (Å²) in [6.07, 6.45) is 0. The molecule has 0 unspecified atom stereocenters. The fourth-order valence-corrected chi connectivity index (χ4v) is 1.93. The Labute approximate surface area is 114 Å². The van der Waals surface area contributed by atoms with E-state index in [0.717, 1.165) is 17.1 Å². The maximum absolute atomic E-state index is 5.04. The molecular weight excluding hydrogens is 296 g/mol. The second kappa shape index (κ2) is 5.30. The topological polar surface area (TPSA) is 59.9 Å². The van der Waals surface area contributed by atoms with E-state index in [4.69, 9.17) is 4.74 Å². The Bertz CT molecular complexity index is 554. The molecule has 0 radical (unpaired) electrons. The molecule has 0 atom stereocenters. The molecule has 2 rings (SSSR count). The molecule has 0 aromatic carbocycles. The van der Waals surface area contributed by atoms with Crippen molar-refractivity contribution in [3.05, 3.63) is 34.2 Å². The van der Waals surface area contributed by atoms with Gasteiger partial charge in [-0.1, -0.05) is 0 Å². The summed E-state index contributed by atoms with van der Waals surface area (Å²) in [6, 6.07) is 5.55. The summed E-state index contributed by atoms with van der Waals surface area (Å²) >= 11 is 3.37. The predicted molar refractivity (Wildman–Crippen MR) is 73.3 cm³/mol. The Morgan fingerprint density at radius 1 is 1.11 bits per heavy atom. The van der Waals surface area contributed by atoms with Gasteiger partial charge in [-0.05, 0) is 41.9 Å². The zero-order chi connectivity index (χ0) is 13.1. The lowest BCUT2D eigenvalue weighted by Gasteiger charge is -2.08. The molecule has 0 amide bonds. The molecule has 0 fully saturated rings. The van der Waals surface area contributed by atoms with E-state index in [1.807, 2.05) is 26.0 Å². The van der Waals surface area contributed by atoms with Gasteiger partial charge in [0, 0.05) is 17.5 Å². The Morgan fingerprint density at radius 3 is 2.33 bits per heavy atom.